The fourth-order valence-electron chi connectivity index (χ4n) is 5.27. The topological polar surface area (TPSA) is 12.0 Å². The minimum Gasteiger partial charge on any atom is -0.308 e. The lowest BCUT2D eigenvalue weighted by molar-refractivity contribution is 0.0959. The van der Waals surface area contributed by atoms with Crippen molar-refractivity contribution in [3.8, 4) is 0 Å². The van der Waals surface area contributed by atoms with E-state index in [4.69, 9.17) is 0 Å². The van der Waals surface area contributed by atoms with Gasteiger partial charge in [0.1, 0.15) is 0 Å². The molecule has 2 bridgehead atoms. The molecule has 1 heteroatoms. The van der Waals surface area contributed by atoms with Crippen LogP contribution in [0.5, 0.6) is 0 Å². The van der Waals surface area contributed by atoms with E-state index >= 15 is 0 Å². The predicted molar refractivity (Wildman–Crippen MR) is 84.3 cm³/mol. The van der Waals surface area contributed by atoms with Crippen LogP contribution in [0, 0.1) is 22.2 Å². The Morgan fingerprint density at radius 2 is 1.63 bits per heavy atom. The van der Waals surface area contributed by atoms with Gasteiger partial charge >= 0.3 is 0 Å². The second-order valence-corrected chi connectivity index (χ2v) is 9.93. The van der Waals surface area contributed by atoms with Crippen LogP contribution in [-0.2, 0) is 0 Å². The first-order valence-electron chi connectivity index (χ1n) is 8.15. The zero-order chi connectivity index (χ0) is 14.7. The molecule has 2 aliphatic carbocycles. The largest absolute Gasteiger partial charge is 0.308 e. The number of hydrogen-bond acceptors (Lipinski definition) is 1. The molecule has 1 N–H and O–H groups in total. The van der Waals surface area contributed by atoms with Crippen LogP contribution in [0.4, 0.5) is 0 Å². The van der Waals surface area contributed by atoms with E-state index in [1.165, 1.54) is 25.7 Å². The molecule has 0 heterocycles. The quantitative estimate of drug-likeness (QED) is 0.756. The molecule has 0 aromatic heterocycles. The van der Waals surface area contributed by atoms with Crippen molar-refractivity contribution < 1.29 is 0 Å². The van der Waals surface area contributed by atoms with Crippen LogP contribution in [-0.4, -0.2) is 11.6 Å². The summed E-state index contributed by atoms with van der Waals surface area (Å²) in [6.45, 7) is 19.4. The summed E-state index contributed by atoms with van der Waals surface area (Å²) in [5.41, 5.74) is 1.65. The van der Waals surface area contributed by atoms with Crippen molar-refractivity contribution in [1.29, 1.82) is 0 Å². The van der Waals surface area contributed by atoms with Gasteiger partial charge in [0.05, 0.1) is 0 Å². The monoisotopic (exact) mass is 265 g/mol. The van der Waals surface area contributed by atoms with E-state index < -0.39 is 0 Å². The van der Waals surface area contributed by atoms with Crippen LogP contribution in [0.3, 0.4) is 0 Å². The summed E-state index contributed by atoms with van der Waals surface area (Å²) in [4.78, 5) is 0. The van der Waals surface area contributed by atoms with Gasteiger partial charge in [0.15, 0.2) is 0 Å². The number of nitrogens with one attached hydrogen (secondary N) is 1. The molecule has 0 aromatic carbocycles. The second-order valence-electron chi connectivity index (χ2n) is 9.93. The highest BCUT2D eigenvalue weighted by Gasteiger charge is 2.61. The Kier molecular flexibility index (Phi) is 3.42. The Bertz CT molecular complexity index is 347. The molecule has 19 heavy (non-hydrogen) atoms. The molecule has 0 aromatic rings. The fraction of sp³-hybridized carbons (Fsp3) is 1.00. The molecule has 0 saturated heterocycles. The van der Waals surface area contributed by atoms with Crippen LogP contribution < -0.4 is 5.32 Å². The third-order valence-electron chi connectivity index (χ3n) is 6.33. The van der Waals surface area contributed by atoms with E-state index in [1.54, 1.807) is 0 Å². The van der Waals surface area contributed by atoms with Gasteiger partial charge < -0.3 is 5.32 Å². The molecule has 3 atom stereocenters. The molecule has 0 radical (unpaired) electrons. The summed E-state index contributed by atoms with van der Waals surface area (Å²) >= 11 is 0. The maximum atomic E-state index is 4.04. The Morgan fingerprint density at radius 1 is 1.05 bits per heavy atom. The van der Waals surface area contributed by atoms with Crippen molar-refractivity contribution in [3.05, 3.63) is 0 Å². The lowest BCUT2D eigenvalue weighted by atomic mass is 9.68. The van der Waals surface area contributed by atoms with Crippen molar-refractivity contribution in [3.63, 3.8) is 0 Å². The molecule has 1 unspecified atom stereocenters. The third-order valence-corrected chi connectivity index (χ3v) is 6.33. The molecule has 2 fully saturated rings. The van der Waals surface area contributed by atoms with E-state index in [-0.39, 0.29) is 5.54 Å². The molecule has 2 saturated carbocycles. The first-order chi connectivity index (χ1) is 8.37. The smallest absolute Gasteiger partial charge is 0.0134 e. The van der Waals surface area contributed by atoms with Gasteiger partial charge in [0.25, 0.3) is 0 Å². The lowest BCUT2D eigenvalue weighted by Gasteiger charge is -2.44. The van der Waals surface area contributed by atoms with Crippen LogP contribution in [0.2, 0.25) is 0 Å². The predicted octanol–water partition coefficient (Wildman–Crippen LogP) is 5.01. The SMILES string of the molecule is CC(C)(C)CC(C)(C)NC1C[C@H]2CC[C@]1(C)C2(C)C. The maximum absolute atomic E-state index is 4.04. The van der Waals surface area contributed by atoms with E-state index in [2.05, 4.69) is 60.7 Å². The number of rotatable bonds is 3. The zero-order valence-corrected chi connectivity index (χ0v) is 14.5. The van der Waals surface area contributed by atoms with Crippen molar-refractivity contribution in [2.45, 2.75) is 92.7 Å². The van der Waals surface area contributed by atoms with Gasteiger partial charge in [-0.1, -0.05) is 41.5 Å². The van der Waals surface area contributed by atoms with E-state index in [1.807, 2.05) is 0 Å². The minimum absolute atomic E-state index is 0.243. The summed E-state index contributed by atoms with van der Waals surface area (Å²) in [5, 5.41) is 4.04. The molecule has 0 spiro atoms. The van der Waals surface area contributed by atoms with Crippen LogP contribution in [0.25, 0.3) is 0 Å². The lowest BCUT2D eigenvalue weighted by Crippen LogP contribution is -2.54. The summed E-state index contributed by atoms with van der Waals surface area (Å²) in [5.74, 6) is 0.931. The van der Waals surface area contributed by atoms with Crippen LogP contribution in [0.15, 0.2) is 0 Å². The van der Waals surface area contributed by atoms with Gasteiger partial charge in [-0.15, -0.1) is 0 Å². The Labute approximate surface area is 120 Å². The molecular formula is C18H35N. The highest BCUT2D eigenvalue weighted by Crippen LogP contribution is 2.65. The van der Waals surface area contributed by atoms with Gasteiger partial charge in [0.2, 0.25) is 0 Å². The zero-order valence-electron chi connectivity index (χ0n) is 14.5. The van der Waals surface area contributed by atoms with E-state index in [9.17, 15) is 0 Å². The molecule has 112 valence electrons. The Hall–Kier alpha value is -0.0400. The third kappa shape index (κ3) is 2.60. The number of hydrogen-bond donors (Lipinski definition) is 1. The molecule has 0 amide bonds. The van der Waals surface area contributed by atoms with Crippen LogP contribution >= 0.6 is 0 Å². The van der Waals surface area contributed by atoms with E-state index in [0.29, 0.717) is 22.3 Å². The molecule has 1 nitrogen and oxygen atoms in total. The first kappa shape index (κ1) is 15.4. The summed E-state index contributed by atoms with van der Waals surface area (Å²) in [6.07, 6.45) is 5.48. The highest BCUT2D eigenvalue weighted by molar-refractivity contribution is 5.14. The van der Waals surface area contributed by atoms with Gasteiger partial charge in [-0.05, 0) is 61.7 Å². The Balaban J connectivity index is 2.10. The first-order valence-corrected chi connectivity index (χ1v) is 8.15. The average Bonchev–Trinajstić information content (AvgIpc) is 2.45. The van der Waals surface area contributed by atoms with E-state index in [0.717, 1.165) is 5.92 Å². The molecule has 2 rings (SSSR count). The van der Waals surface area contributed by atoms with Gasteiger partial charge in [-0.2, -0.15) is 0 Å². The summed E-state index contributed by atoms with van der Waals surface area (Å²) in [6, 6.07) is 0.707. The average molecular weight is 265 g/mol. The van der Waals surface area contributed by atoms with Crippen molar-refractivity contribution in [2.75, 3.05) is 0 Å². The second kappa shape index (κ2) is 4.23. The standard InChI is InChI=1S/C18H35N/c1-15(2,3)12-16(4,5)19-14-11-13-9-10-18(14,8)17(13,6)7/h13-14,19H,9-12H2,1-8H3/t13-,14?,18+/m1/s1. The maximum Gasteiger partial charge on any atom is 0.0134 e. The molecular weight excluding hydrogens is 230 g/mol. The Morgan fingerprint density at radius 3 is 2.00 bits per heavy atom. The van der Waals surface area contributed by atoms with Crippen molar-refractivity contribution in [2.24, 2.45) is 22.2 Å². The normalized spacial score (nSPS) is 37.9. The number of fused-ring (bicyclic) bond motifs is 2. The minimum atomic E-state index is 0.243. The summed E-state index contributed by atoms with van der Waals surface area (Å²) < 4.78 is 0. The summed E-state index contributed by atoms with van der Waals surface area (Å²) in [7, 11) is 0. The van der Waals surface area contributed by atoms with Crippen molar-refractivity contribution >= 4 is 0 Å². The van der Waals surface area contributed by atoms with Gasteiger partial charge in [-0.3, -0.25) is 0 Å². The van der Waals surface area contributed by atoms with Gasteiger partial charge in [-0.25, -0.2) is 0 Å². The molecule has 0 aliphatic heterocycles. The van der Waals surface area contributed by atoms with Crippen LogP contribution in [0.1, 0.15) is 81.1 Å². The van der Waals surface area contributed by atoms with Gasteiger partial charge in [0, 0.05) is 11.6 Å². The highest BCUT2D eigenvalue weighted by atomic mass is 15.0. The molecule has 2 aliphatic rings. The fourth-order valence-corrected chi connectivity index (χ4v) is 5.27. The van der Waals surface area contributed by atoms with Crippen molar-refractivity contribution in [1.82, 2.24) is 5.32 Å².